The minimum atomic E-state index is -4.31. The molecule has 168 valence electrons. The van der Waals surface area contributed by atoms with Crippen LogP contribution in [0.2, 0.25) is 0 Å². The average Bonchev–Trinajstić information content (AvgIpc) is 2.77. The van der Waals surface area contributed by atoms with Crippen molar-refractivity contribution in [3.63, 3.8) is 0 Å². The molecule has 2 aliphatic carbocycles. The summed E-state index contributed by atoms with van der Waals surface area (Å²) in [5.41, 5.74) is 0.296. The highest BCUT2D eigenvalue weighted by Crippen LogP contribution is 2.38. The third-order valence-electron chi connectivity index (χ3n) is 6.78. The Hall–Kier alpha value is -2.29. The van der Waals surface area contributed by atoms with Crippen molar-refractivity contribution in [3.8, 4) is 6.07 Å². The van der Waals surface area contributed by atoms with Crippen molar-refractivity contribution in [2.45, 2.75) is 82.4 Å². The molecule has 0 saturated heterocycles. The molecule has 6 heteroatoms. The summed E-state index contributed by atoms with van der Waals surface area (Å²) < 4.78 is 44.0. The van der Waals surface area contributed by atoms with Gasteiger partial charge in [-0.25, -0.2) is 0 Å². The highest BCUT2D eigenvalue weighted by Gasteiger charge is 2.33. The molecule has 0 atom stereocenters. The summed E-state index contributed by atoms with van der Waals surface area (Å²) in [7, 11) is 0. The van der Waals surface area contributed by atoms with E-state index in [4.69, 9.17) is 10.00 Å². The summed E-state index contributed by atoms with van der Waals surface area (Å²) in [6.07, 6.45) is 8.10. The molecule has 1 aromatic rings. The fourth-order valence-electron chi connectivity index (χ4n) is 4.87. The molecule has 0 N–H and O–H groups in total. The molecule has 0 aromatic heterocycles. The second kappa shape index (κ2) is 10.8. The van der Waals surface area contributed by atoms with Gasteiger partial charge in [-0.1, -0.05) is 18.2 Å². The van der Waals surface area contributed by atoms with Crippen LogP contribution in [0.15, 0.2) is 36.4 Å². The number of carbonyl (C=O) groups is 1. The van der Waals surface area contributed by atoms with Gasteiger partial charge in [-0.15, -0.1) is 0 Å². The first-order chi connectivity index (χ1) is 14.9. The van der Waals surface area contributed by atoms with Crippen molar-refractivity contribution in [2.24, 2.45) is 11.8 Å². The number of rotatable bonds is 6. The zero-order valence-electron chi connectivity index (χ0n) is 17.7. The van der Waals surface area contributed by atoms with Crippen molar-refractivity contribution in [2.75, 3.05) is 0 Å². The van der Waals surface area contributed by atoms with E-state index in [0.717, 1.165) is 81.9 Å². The molecule has 3 nitrogen and oxygen atoms in total. The maximum Gasteiger partial charge on any atom is 0.416 e. The lowest BCUT2D eigenvalue weighted by Crippen LogP contribution is -2.29. The van der Waals surface area contributed by atoms with Crippen LogP contribution >= 0.6 is 0 Å². The highest BCUT2D eigenvalue weighted by molar-refractivity contribution is 5.72. The molecule has 0 amide bonds. The average molecular weight is 434 g/mol. The lowest BCUT2D eigenvalue weighted by molar-refractivity contribution is -0.157. The Labute approximate surface area is 182 Å². The van der Waals surface area contributed by atoms with Gasteiger partial charge < -0.3 is 4.74 Å². The Bertz CT molecular complexity index is 778. The second-order valence-electron chi connectivity index (χ2n) is 8.86. The van der Waals surface area contributed by atoms with Crippen molar-refractivity contribution >= 4 is 5.97 Å². The number of carbonyl (C=O) groups excluding carboxylic acids is 1. The summed E-state index contributed by atoms with van der Waals surface area (Å²) in [6.45, 7) is 0. The minimum Gasteiger partial charge on any atom is -0.462 e. The third kappa shape index (κ3) is 6.85. The molecule has 2 saturated carbocycles. The minimum absolute atomic E-state index is 0.00559. The van der Waals surface area contributed by atoms with E-state index >= 15 is 0 Å². The predicted molar refractivity (Wildman–Crippen MR) is 112 cm³/mol. The topological polar surface area (TPSA) is 50.1 Å². The first kappa shape index (κ1) is 23.4. The Kier molecular flexibility index (Phi) is 8.17. The molecule has 1 aromatic carbocycles. The molecule has 3 rings (SSSR count). The molecule has 2 fully saturated rings. The van der Waals surface area contributed by atoms with Crippen LogP contribution in [-0.4, -0.2) is 12.1 Å². The molecular formula is C25H30F3NO2. The Balaban J connectivity index is 1.39. The molecule has 0 spiro atoms. The predicted octanol–water partition coefficient (Wildman–Crippen LogP) is 6.94. The summed E-state index contributed by atoms with van der Waals surface area (Å²) >= 11 is 0. The van der Waals surface area contributed by atoms with Crippen molar-refractivity contribution < 1.29 is 22.7 Å². The number of hydrogen-bond acceptors (Lipinski definition) is 3. The number of esters is 1. The Morgan fingerprint density at radius 2 is 1.68 bits per heavy atom. The summed E-state index contributed by atoms with van der Waals surface area (Å²) in [5, 5.41) is 8.52. The van der Waals surface area contributed by atoms with Crippen LogP contribution < -0.4 is 0 Å². The fourth-order valence-corrected chi connectivity index (χ4v) is 4.87. The SMILES string of the molecule is N#CC=CCCC1CCC(OC(=O)C2CCC(c3ccc(C(F)(F)F)cc3)CC2)CC1. The zero-order valence-corrected chi connectivity index (χ0v) is 17.7. The standard InChI is InChI=1S/C25H30F3NO2/c26-25(27,28)22-13-11-20(12-14-22)19-7-9-21(10-8-19)24(30)31-23-15-5-18(6-16-23)4-2-1-3-17-29/h1,3,11-14,18-19,21,23H,2,4-10,15-16H2. The number of ether oxygens (including phenoxy) is 1. The number of benzene rings is 1. The van der Waals surface area contributed by atoms with Crippen molar-refractivity contribution in [1.29, 1.82) is 5.26 Å². The van der Waals surface area contributed by atoms with Gasteiger partial charge in [0, 0.05) is 6.08 Å². The number of allylic oxidation sites excluding steroid dienone is 2. The smallest absolute Gasteiger partial charge is 0.416 e. The van der Waals surface area contributed by atoms with E-state index in [9.17, 15) is 18.0 Å². The van der Waals surface area contributed by atoms with Gasteiger partial charge in [-0.3, -0.25) is 4.79 Å². The number of halogens is 3. The highest BCUT2D eigenvalue weighted by atomic mass is 19.4. The molecule has 0 bridgehead atoms. The van der Waals surface area contributed by atoms with Gasteiger partial charge >= 0.3 is 12.1 Å². The first-order valence-electron chi connectivity index (χ1n) is 11.3. The van der Waals surface area contributed by atoms with Gasteiger partial charge in [0.1, 0.15) is 6.10 Å². The molecule has 0 radical (unpaired) electrons. The van der Waals surface area contributed by atoms with Gasteiger partial charge in [0.05, 0.1) is 17.6 Å². The quantitative estimate of drug-likeness (QED) is 0.361. The van der Waals surface area contributed by atoms with Gasteiger partial charge in [-0.05, 0) is 93.7 Å². The van der Waals surface area contributed by atoms with Crippen LogP contribution in [0.1, 0.15) is 81.3 Å². The molecule has 2 aliphatic rings. The lowest BCUT2D eigenvalue weighted by Gasteiger charge is -2.31. The summed E-state index contributed by atoms with van der Waals surface area (Å²) in [5.74, 6) is 0.639. The number of alkyl halides is 3. The van der Waals surface area contributed by atoms with Crippen LogP contribution in [0.25, 0.3) is 0 Å². The molecule has 0 unspecified atom stereocenters. The molecule has 0 heterocycles. The lowest BCUT2D eigenvalue weighted by atomic mass is 9.78. The van der Waals surface area contributed by atoms with Crippen molar-refractivity contribution in [3.05, 3.63) is 47.5 Å². The van der Waals surface area contributed by atoms with Crippen LogP contribution in [0.4, 0.5) is 13.2 Å². The van der Waals surface area contributed by atoms with E-state index < -0.39 is 11.7 Å². The van der Waals surface area contributed by atoms with Crippen LogP contribution in [-0.2, 0) is 15.7 Å². The van der Waals surface area contributed by atoms with E-state index in [0.29, 0.717) is 5.92 Å². The largest absolute Gasteiger partial charge is 0.462 e. The summed E-state index contributed by atoms with van der Waals surface area (Å²) in [4.78, 5) is 12.6. The van der Waals surface area contributed by atoms with Crippen LogP contribution in [0, 0.1) is 23.2 Å². The molecule has 31 heavy (non-hydrogen) atoms. The maximum atomic E-state index is 12.7. The fraction of sp³-hybridized carbons (Fsp3) is 0.600. The third-order valence-corrected chi connectivity index (χ3v) is 6.78. The number of nitriles is 1. The van der Waals surface area contributed by atoms with E-state index in [2.05, 4.69) is 0 Å². The first-order valence-corrected chi connectivity index (χ1v) is 11.3. The summed E-state index contributed by atoms with van der Waals surface area (Å²) in [6, 6.07) is 7.44. The monoisotopic (exact) mass is 433 g/mol. The molecular weight excluding hydrogens is 403 g/mol. The van der Waals surface area contributed by atoms with Gasteiger partial charge in [-0.2, -0.15) is 18.4 Å². The molecule has 0 aliphatic heterocycles. The Morgan fingerprint density at radius 3 is 2.26 bits per heavy atom. The normalized spacial score (nSPS) is 27.0. The van der Waals surface area contributed by atoms with E-state index in [1.807, 2.05) is 12.1 Å². The Morgan fingerprint density at radius 1 is 1.03 bits per heavy atom. The second-order valence-corrected chi connectivity index (χ2v) is 8.86. The van der Waals surface area contributed by atoms with Gasteiger partial charge in [0.15, 0.2) is 0 Å². The number of nitrogens with zero attached hydrogens (tertiary/aromatic N) is 1. The maximum absolute atomic E-state index is 12.7. The van der Waals surface area contributed by atoms with Gasteiger partial charge in [0.25, 0.3) is 0 Å². The van der Waals surface area contributed by atoms with Crippen molar-refractivity contribution in [1.82, 2.24) is 0 Å². The number of hydrogen-bond donors (Lipinski definition) is 0. The van der Waals surface area contributed by atoms with E-state index in [1.165, 1.54) is 6.08 Å². The van der Waals surface area contributed by atoms with E-state index in [-0.39, 0.29) is 23.9 Å². The van der Waals surface area contributed by atoms with Crippen LogP contribution in [0.5, 0.6) is 0 Å². The zero-order chi connectivity index (χ0) is 22.3. The van der Waals surface area contributed by atoms with Gasteiger partial charge in [0.2, 0.25) is 0 Å². The van der Waals surface area contributed by atoms with Crippen LogP contribution in [0.3, 0.4) is 0 Å². The van der Waals surface area contributed by atoms with E-state index in [1.54, 1.807) is 12.1 Å².